The van der Waals surface area contributed by atoms with E-state index in [-0.39, 0.29) is 23.0 Å². The first-order chi connectivity index (χ1) is 25.2. The van der Waals surface area contributed by atoms with Crippen LogP contribution in [0.2, 0.25) is 10.0 Å². The average Bonchev–Trinajstić information content (AvgIpc) is 3.71. The fraction of sp³-hybridized carbons (Fsp3) is 0.425. The van der Waals surface area contributed by atoms with Gasteiger partial charge in [-0.3, -0.25) is 24.4 Å². The van der Waals surface area contributed by atoms with E-state index in [0.717, 1.165) is 85.4 Å². The monoisotopic (exact) mass is 738 g/mol. The number of nitrogens with zero attached hydrogens (tertiary/aromatic N) is 5. The van der Waals surface area contributed by atoms with Gasteiger partial charge in [0.1, 0.15) is 17.6 Å². The van der Waals surface area contributed by atoms with Crippen LogP contribution in [-0.2, 0) is 22.7 Å². The van der Waals surface area contributed by atoms with Crippen LogP contribution in [0.25, 0.3) is 33.6 Å². The van der Waals surface area contributed by atoms with E-state index in [2.05, 4.69) is 15.1 Å². The van der Waals surface area contributed by atoms with Gasteiger partial charge >= 0.3 is 0 Å². The molecule has 2 aromatic carbocycles. The summed E-state index contributed by atoms with van der Waals surface area (Å²) in [6.45, 7) is 4.79. The van der Waals surface area contributed by atoms with Gasteiger partial charge in [0.15, 0.2) is 0 Å². The maximum absolute atomic E-state index is 11.9. The average molecular weight is 740 g/mol. The van der Waals surface area contributed by atoms with Crippen molar-refractivity contribution in [2.24, 2.45) is 5.41 Å². The number of ketones is 1. The number of carbonyl (C=O) groups excluding carboxylic acids is 2. The van der Waals surface area contributed by atoms with Gasteiger partial charge in [-0.2, -0.15) is 0 Å². The Hall–Kier alpha value is -4.09. The molecule has 5 fully saturated rings. The smallest absolute Gasteiger partial charge is 0.237 e. The molecule has 9 rings (SSSR count). The summed E-state index contributed by atoms with van der Waals surface area (Å²) in [6.07, 6.45) is 7.83. The zero-order valence-corrected chi connectivity index (χ0v) is 30.6. The topological polar surface area (TPSA) is 110 Å². The van der Waals surface area contributed by atoms with Crippen molar-refractivity contribution in [3.8, 4) is 45.4 Å². The van der Waals surface area contributed by atoms with Crippen molar-refractivity contribution in [2.45, 2.75) is 69.7 Å². The molecule has 5 aliphatic rings. The van der Waals surface area contributed by atoms with Gasteiger partial charge in [0.2, 0.25) is 17.7 Å². The van der Waals surface area contributed by atoms with Crippen LogP contribution in [0, 0.1) is 5.41 Å². The second-order valence-electron chi connectivity index (χ2n) is 15.4. The maximum atomic E-state index is 11.9. The van der Waals surface area contributed by atoms with Crippen LogP contribution in [0.5, 0.6) is 11.8 Å². The molecule has 2 aromatic heterocycles. The van der Waals surface area contributed by atoms with E-state index in [1.54, 1.807) is 13.3 Å². The predicted octanol–water partition coefficient (Wildman–Crippen LogP) is 6.75. The number of aromatic nitrogens is 3. The van der Waals surface area contributed by atoms with Crippen LogP contribution >= 0.6 is 23.2 Å². The Balaban J connectivity index is 0.956. The van der Waals surface area contributed by atoms with Gasteiger partial charge in [-0.25, -0.2) is 9.97 Å². The number of ether oxygens (including phenoxy) is 2. The summed E-state index contributed by atoms with van der Waals surface area (Å²) in [4.78, 5) is 43.0. The molecule has 2 saturated carbocycles. The minimum Gasteiger partial charge on any atom is -0.481 e. The highest BCUT2D eigenvalue weighted by Crippen LogP contribution is 2.46. The Kier molecular flexibility index (Phi) is 8.49. The molecule has 0 unspecified atom stereocenters. The first kappa shape index (κ1) is 33.7. The summed E-state index contributed by atoms with van der Waals surface area (Å²) in [6, 6.07) is 15.7. The Morgan fingerprint density at radius 3 is 2.12 bits per heavy atom. The molecule has 1 amide bonds. The molecule has 52 heavy (non-hydrogen) atoms. The lowest BCUT2D eigenvalue weighted by atomic mass is 9.78. The number of Topliss-reactive ketones (excluding diaryl/α,β-unsaturated/α-hetero) is 1. The van der Waals surface area contributed by atoms with Crippen LogP contribution in [-0.4, -0.2) is 81.4 Å². The summed E-state index contributed by atoms with van der Waals surface area (Å²) >= 11 is 14.3. The Morgan fingerprint density at radius 1 is 0.808 bits per heavy atom. The summed E-state index contributed by atoms with van der Waals surface area (Å²) in [5.74, 6) is 1.62. The molecule has 2 spiro atoms. The number of methoxy groups -OCH3 is 1. The highest BCUT2D eigenvalue weighted by molar-refractivity contribution is 6.39. The van der Waals surface area contributed by atoms with E-state index in [9.17, 15) is 9.59 Å². The van der Waals surface area contributed by atoms with E-state index in [0.29, 0.717) is 71.3 Å². The highest BCUT2D eigenvalue weighted by Gasteiger charge is 2.48. The third-order valence-electron chi connectivity index (χ3n) is 11.3. The molecule has 3 aliphatic heterocycles. The molecule has 2 aliphatic carbocycles. The molecule has 5 heterocycles. The van der Waals surface area contributed by atoms with Crippen molar-refractivity contribution < 1.29 is 19.1 Å². The number of carbonyl (C=O) groups is 2. The first-order valence-electron chi connectivity index (χ1n) is 18.1. The molecule has 0 bridgehead atoms. The molecule has 3 saturated heterocycles. The molecule has 10 nitrogen and oxygen atoms in total. The molecule has 1 N–H and O–H groups in total. The largest absolute Gasteiger partial charge is 0.481 e. The molecule has 12 heteroatoms. The standard InChI is InChI=1S/C40H40Cl2N6O4/c1-51-37-24(18-47-22-40(23-47)15-13-34(50)46-40)8-11-31(44-37)29-6-2-4-27(35(29)41)28-5-3-7-30(36(28)42)32-17-43-33(38(45-32)52-26-9-10-26)19-48-20-39(21-48)14-12-25(49)16-39/h2-8,11,17,26H,9-10,12-16,18-23H2,1H3,(H,46,50). The number of rotatable bonds is 10. The number of halogens is 2. The number of nitrogens with one attached hydrogen (secondary N) is 1. The van der Waals surface area contributed by atoms with Gasteiger partial charge in [-0.15, -0.1) is 0 Å². The SMILES string of the molecule is COc1nc(-c2cccc(-c3cccc(-c4cnc(CN5CC6(CCC(=O)C6)C5)c(OC5CC5)n4)c3Cl)c2Cl)ccc1CN1CC2(CCC(=O)N2)C1. The number of benzene rings is 2. The minimum atomic E-state index is -0.0795. The normalized spacial score (nSPS) is 20.6. The quantitative estimate of drug-likeness (QED) is 0.189. The number of pyridine rings is 1. The van der Waals surface area contributed by atoms with Gasteiger partial charge in [0.25, 0.3) is 0 Å². The van der Waals surface area contributed by atoms with Gasteiger partial charge in [0, 0.05) is 91.8 Å². The van der Waals surface area contributed by atoms with Gasteiger partial charge in [-0.05, 0) is 31.7 Å². The summed E-state index contributed by atoms with van der Waals surface area (Å²) in [5, 5.41) is 4.19. The number of hydrogen-bond acceptors (Lipinski definition) is 9. The van der Waals surface area contributed by atoms with Crippen LogP contribution < -0.4 is 14.8 Å². The van der Waals surface area contributed by atoms with E-state index in [1.807, 2.05) is 48.5 Å². The molecule has 0 atom stereocenters. The summed E-state index contributed by atoms with van der Waals surface area (Å²) in [7, 11) is 1.63. The summed E-state index contributed by atoms with van der Waals surface area (Å²) < 4.78 is 12.0. The van der Waals surface area contributed by atoms with Crippen molar-refractivity contribution >= 4 is 34.9 Å². The number of amides is 1. The van der Waals surface area contributed by atoms with Crippen molar-refractivity contribution in [1.29, 1.82) is 0 Å². The van der Waals surface area contributed by atoms with E-state index in [1.165, 1.54) is 0 Å². The second-order valence-corrected chi connectivity index (χ2v) is 16.1. The van der Waals surface area contributed by atoms with E-state index >= 15 is 0 Å². The van der Waals surface area contributed by atoms with Crippen molar-refractivity contribution in [1.82, 2.24) is 30.1 Å². The number of hydrogen-bond donors (Lipinski definition) is 1. The highest BCUT2D eigenvalue weighted by atomic mass is 35.5. The predicted molar refractivity (Wildman–Crippen MR) is 198 cm³/mol. The van der Waals surface area contributed by atoms with Gasteiger partial charge in [-0.1, -0.05) is 65.7 Å². The zero-order valence-electron chi connectivity index (χ0n) is 29.1. The molecule has 268 valence electrons. The maximum Gasteiger partial charge on any atom is 0.237 e. The Labute approximate surface area is 312 Å². The van der Waals surface area contributed by atoms with E-state index < -0.39 is 0 Å². The third kappa shape index (κ3) is 6.33. The lowest BCUT2D eigenvalue weighted by molar-refractivity contribution is -0.121. The molecule has 4 aromatic rings. The lowest BCUT2D eigenvalue weighted by Gasteiger charge is -2.48. The van der Waals surface area contributed by atoms with Crippen molar-refractivity contribution in [3.05, 3.63) is 76.0 Å². The van der Waals surface area contributed by atoms with Crippen molar-refractivity contribution in [2.75, 3.05) is 33.3 Å². The third-order valence-corrected chi connectivity index (χ3v) is 12.1. The second kappa shape index (κ2) is 13.1. The van der Waals surface area contributed by atoms with Crippen LogP contribution in [0.1, 0.15) is 56.2 Å². The fourth-order valence-corrected chi connectivity index (χ4v) is 9.18. The van der Waals surface area contributed by atoms with Crippen LogP contribution in [0.15, 0.2) is 54.7 Å². The molecular formula is C40H40Cl2N6O4. The van der Waals surface area contributed by atoms with Gasteiger partial charge < -0.3 is 14.8 Å². The Bertz CT molecular complexity index is 2090. The van der Waals surface area contributed by atoms with Gasteiger partial charge in [0.05, 0.1) is 40.3 Å². The van der Waals surface area contributed by atoms with E-state index in [4.69, 9.17) is 47.6 Å². The first-order valence-corrected chi connectivity index (χ1v) is 18.9. The van der Waals surface area contributed by atoms with Crippen LogP contribution in [0.4, 0.5) is 0 Å². The fourth-order valence-electron chi connectivity index (χ4n) is 8.53. The molecule has 0 radical (unpaired) electrons. The molecular weight excluding hydrogens is 699 g/mol. The van der Waals surface area contributed by atoms with Crippen molar-refractivity contribution in [3.63, 3.8) is 0 Å². The Morgan fingerprint density at radius 2 is 1.48 bits per heavy atom. The summed E-state index contributed by atoms with van der Waals surface area (Å²) in [5.41, 5.74) is 6.23. The zero-order chi connectivity index (χ0) is 35.6. The lowest BCUT2D eigenvalue weighted by Crippen LogP contribution is -2.66. The van der Waals surface area contributed by atoms with Crippen LogP contribution in [0.3, 0.4) is 0 Å². The number of likely N-dealkylation sites (tertiary alicyclic amines) is 2. The minimum absolute atomic E-state index is 0.0795.